The van der Waals surface area contributed by atoms with Gasteiger partial charge in [-0.3, -0.25) is 9.79 Å². The van der Waals surface area contributed by atoms with Crippen molar-refractivity contribution in [2.75, 3.05) is 18.5 Å². The fourth-order valence-corrected chi connectivity index (χ4v) is 2.95. The summed E-state index contributed by atoms with van der Waals surface area (Å²) >= 11 is 0. The van der Waals surface area contributed by atoms with Crippen molar-refractivity contribution in [1.29, 1.82) is 0 Å². The number of nitrogens with one attached hydrogen (secondary N) is 1. The van der Waals surface area contributed by atoms with Gasteiger partial charge in [0.2, 0.25) is 0 Å². The number of benzene rings is 1. The summed E-state index contributed by atoms with van der Waals surface area (Å²) in [6.07, 6.45) is 0. The van der Waals surface area contributed by atoms with E-state index >= 15 is 0 Å². The first-order chi connectivity index (χ1) is 11.3. The van der Waals surface area contributed by atoms with Crippen molar-refractivity contribution in [2.45, 2.75) is 40.2 Å². The van der Waals surface area contributed by atoms with Gasteiger partial charge in [-0.2, -0.15) is 0 Å². The summed E-state index contributed by atoms with van der Waals surface area (Å²) < 4.78 is 10.4. The molecule has 1 aliphatic heterocycles. The topological polar surface area (TPSA) is 77.0 Å². The SMILES string of the molecule is CCOC(=O)C1C(C)=Nc2ccc(C)cc2NC1(C)C(=O)OCC. The molecule has 130 valence electrons. The molecule has 6 nitrogen and oxygen atoms in total. The van der Waals surface area contributed by atoms with E-state index in [0.717, 1.165) is 5.56 Å². The molecule has 0 aliphatic carbocycles. The van der Waals surface area contributed by atoms with Gasteiger partial charge in [-0.05, 0) is 52.3 Å². The largest absolute Gasteiger partial charge is 0.465 e. The number of aliphatic imine (C=N–C) groups is 1. The summed E-state index contributed by atoms with van der Waals surface area (Å²) in [5.41, 5.74) is 1.61. The Labute approximate surface area is 142 Å². The Hall–Kier alpha value is -2.37. The summed E-state index contributed by atoms with van der Waals surface area (Å²) in [7, 11) is 0. The number of hydrogen-bond acceptors (Lipinski definition) is 6. The van der Waals surface area contributed by atoms with Gasteiger partial charge < -0.3 is 14.8 Å². The number of nitrogens with zero attached hydrogens (tertiary/aromatic N) is 1. The lowest BCUT2D eigenvalue weighted by Gasteiger charge is -2.34. The van der Waals surface area contributed by atoms with Gasteiger partial charge in [0.1, 0.15) is 5.92 Å². The number of ether oxygens (including phenoxy) is 2. The minimum Gasteiger partial charge on any atom is -0.465 e. The molecule has 0 saturated heterocycles. The van der Waals surface area contributed by atoms with Gasteiger partial charge in [-0.25, -0.2) is 4.79 Å². The van der Waals surface area contributed by atoms with Crippen LogP contribution in [-0.4, -0.2) is 36.4 Å². The molecule has 1 aromatic carbocycles. The Balaban J connectivity index is 2.59. The summed E-state index contributed by atoms with van der Waals surface area (Å²) in [5.74, 6) is -1.87. The van der Waals surface area contributed by atoms with Crippen molar-refractivity contribution in [1.82, 2.24) is 0 Å². The van der Waals surface area contributed by atoms with Gasteiger partial charge in [0, 0.05) is 5.71 Å². The Morgan fingerprint density at radius 1 is 1.21 bits per heavy atom. The predicted molar refractivity (Wildman–Crippen MR) is 92.7 cm³/mol. The van der Waals surface area contributed by atoms with E-state index in [2.05, 4.69) is 10.3 Å². The molecular weight excluding hydrogens is 308 g/mol. The number of aryl methyl sites for hydroxylation is 1. The molecule has 1 heterocycles. The van der Waals surface area contributed by atoms with Crippen LogP contribution in [-0.2, 0) is 19.1 Å². The smallest absolute Gasteiger partial charge is 0.332 e. The molecule has 0 fully saturated rings. The quantitative estimate of drug-likeness (QED) is 0.858. The third-order valence-corrected chi connectivity index (χ3v) is 4.06. The van der Waals surface area contributed by atoms with E-state index in [0.29, 0.717) is 17.1 Å². The summed E-state index contributed by atoms with van der Waals surface area (Å²) in [6.45, 7) is 9.26. The lowest BCUT2D eigenvalue weighted by atomic mass is 9.82. The lowest BCUT2D eigenvalue weighted by molar-refractivity contribution is -0.157. The van der Waals surface area contributed by atoms with Crippen LogP contribution < -0.4 is 5.32 Å². The van der Waals surface area contributed by atoms with Crippen LogP contribution in [0.1, 0.15) is 33.3 Å². The zero-order valence-corrected chi connectivity index (χ0v) is 14.8. The van der Waals surface area contributed by atoms with E-state index in [9.17, 15) is 9.59 Å². The molecule has 0 radical (unpaired) electrons. The van der Waals surface area contributed by atoms with Gasteiger partial charge in [0.05, 0.1) is 24.6 Å². The number of esters is 2. The molecule has 2 atom stereocenters. The first-order valence-electron chi connectivity index (χ1n) is 8.11. The minimum absolute atomic E-state index is 0.225. The van der Waals surface area contributed by atoms with Crippen LogP contribution in [0, 0.1) is 12.8 Å². The highest BCUT2D eigenvalue weighted by atomic mass is 16.5. The van der Waals surface area contributed by atoms with Crippen molar-refractivity contribution in [3.63, 3.8) is 0 Å². The van der Waals surface area contributed by atoms with Crippen LogP contribution in [0.25, 0.3) is 0 Å². The Kier molecular flexibility index (Phi) is 5.26. The zero-order valence-electron chi connectivity index (χ0n) is 14.8. The highest BCUT2D eigenvalue weighted by Crippen LogP contribution is 2.37. The Morgan fingerprint density at radius 3 is 2.50 bits per heavy atom. The number of carbonyl (C=O) groups is 2. The van der Waals surface area contributed by atoms with E-state index in [4.69, 9.17) is 9.47 Å². The van der Waals surface area contributed by atoms with E-state index in [1.807, 2.05) is 25.1 Å². The Morgan fingerprint density at radius 2 is 1.88 bits per heavy atom. The number of rotatable bonds is 4. The fraction of sp³-hybridized carbons (Fsp3) is 0.500. The van der Waals surface area contributed by atoms with Gasteiger partial charge in [-0.15, -0.1) is 0 Å². The maximum Gasteiger partial charge on any atom is 0.332 e. The second-order valence-electron chi connectivity index (χ2n) is 6.01. The van der Waals surface area contributed by atoms with Crippen LogP contribution in [0.5, 0.6) is 0 Å². The summed E-state index contributed by atoms with van der Waals surface area (Å²) in [4.78, 5) is 29.8. The van der Waals surface area contributed by atoms with Crippen molar-refractivity contribution in [3.05, 3.63) is 23.8 Å². The molecule has 24 heavy (non-hydrogen) atoms. The third kappa shape index (κ3) is 3.27. The van der Waals surface area contributed by atoms with Crippen molar-refractivity contribution < 1.29 is 19.1 Å². The molecule has 1 aromatic rings. The standard InChI is InChI=1S/C18H24N2O4/c1-6-23-16(21)15-12(4)19-13-9-8-11(3)10-14(13)20-18(15,5)17(22)24-7-2/h8-10,15,20H,6-7H2,1-5H3. The Bertz CT molecular complexity index is 684. The van der Waals surface area contributed by atoms with E-state index in [-0.39, 0.29) is 13.2 Å². The normalized spacial score (nSPS) is 22.5. The average molecular weight is 332 g/mol. The second kappa shape index (κ2) is 7.03. The van der Waals surface area contributed by atoms with E-state index in [1.54, 1.807) is 27.7 Å². The number of anilines is 1. The summed E-state index contributed by atoms with van der Waals surface area (Å²) in [6, 6.07) is 5.70. The molecular formula is C18H24N2O4. The average Bonchev–Trinajstić information content (AvgIpc) is 2.61. The first-order valence-corrected chi connectivity index (χ1v) is 8.11. The van der Waals surface area contributed by atoms with Crippen LogP contribution in [0.4, 0.5) is 11.4 Å². The van der Waals surface area contributed by atoms with Gasteiger partial charge in [0.15, 0.2) is 5.54 Å². The van der Waals surface area contributed by atoms with Crippen LogP contribution in [0.3, 0.4) is 0 Å². The van der Waals surface area contributed by atoms with E-state index < -0.39 is 23.4 Å². The van der Waals surface area contributed by atoms with Crippen molar-refractivity contribution >= 4 is 29.0 Å². The lowest BCUT2D eigenvalue weighted by Crippen LogP contribution is -2.56. The molecule has 1 N–H and O–H groups in total. The van der Waals surface area contributed by atoms with Crippen molar-refractivity contribution in [3.8, 4) is 0 Å². The van der Waals surface area contributed by atoms with Gasteiger partial charge >= 0.3 is 11.9 Å². The monoisotopic (exact) mass is 332 g/mol. The first kappa shape index (κ1) is 18.0. The van der Waals surface area contributed by atoms with E-state index in [1.165, 1.54) is 0 Å². The number of fused-ring (bicyclic) bond motifs is 1. The maximum atomic E-state index is 12.7. The molecule has 2 rings (SSSR count). The highest BCUT2D eigenvalue weighted by molar-refractivity contribution is 6.10. The number of hydrogen-bond donors (Lipinski definition) is 1. The number of carbonyl (C=O) groups excluding carboxylic acids is 2. The zero-order chi connectivity index (χ0) is 17.9. The predicted octanol–water partition coefficient (Wildman–Crippen LogP) is 3.01. The van der Waals surface area contributed by atoms with Gasteiger partial charge in [-0.1, -0.05) is 6.07 Å². The molecule has 6 heteroatoms. The van der Waals surface area contributed by atoms with Crippen LogP contribution >= 0.6 is 0 Å². The third-order valence-electron chi connectivity index (χ3n) is 4.06. The second-order valence-corrected chi connectivity index (χ2v) is 6.01. The molecule has 0 spiro atoms. The highest BCUT2D eigenvalue weighted by Gasteiger charge is 2.50. The molecule has 2 unspecified atom stereocenters. The fourth-order valence-electron chi connectivity index (χ4n) is 2.95. The minimum atomic E-state index is -1.30. The summed E-state index contributed by atoms with van der Waals surface area (Å²) in [5, 5.41) is 3.19. The maximum absolute atomic E-state index is 12.7. The molecule has 0 amide bonds. The van der Waals surface area contributed by atoms with Crippen molar-refractivity contribution in [2.24, 2.45) is 10.9 Å². The molecule has 1 aliphatic rings. The molecule has 0 saturated carbocycles. The molecule has 0 bridgehead atoms. The van der Waals surface area contributed by atoms with Crippen LogP contribution in [0.2, 0.25) is 0 Å². The van der Waals surface area contributed by atoms with Crippen LogP contribution in [0.15, 0.2) is 23.2 Å². The van der Waals surface area contributed by atoms with Gasteiger partial charge in [0.25, 0.3) is 0 Å². The molecule has 0 aromatic heterocycles.